The smallest absolute Gasteiger partial charge is 0.417 e. The summed E-state index contributed by atoms with van der Waals surface area (Å²) < 4.78 is 16.0. The van der Waals surface area contributed by atoms with Crippen molar-refractivity contribution < 1.29 is 33.4 Å². The molecule has 0 bridgehead atoms. The molecule has 1 atom stereocenters. The fourth-order valence-electron chi connectivity index (χ4n) is 4.33. The number of aryl methyl sites for hydroxylation is 1. The second kappa shape index (κ2) is 16.0. The van der Waals surface area contributed by atoms with Crippen LogP contribution in [0, 0.1) is 0 Å². The quantitative estimate of drug-likeness (QED) is 0.219. The zero-order valence-corrected chi connectivity index (χ0v) is 24.9. The van der Waals surface area contributed by atoms with Crippen molar-refractivity contribution in [2.45, 2.75) is 65.0 Å². The molecule has 1 aromatic heterocycles. The molecule has 11 heteroatoms. The van der Waals surface area contributed by atoms with E-state index < -0.39 is 35.6 Å². The van der Waals surface area contributed by atoms with E-state index in [0.717, 1.165) is 17.5 Å². The van der Waals surface area contributed by atoms with Crippen LogP contribution in [0.2, 0.25) is 0 Å². The van der Waals surface area contributed by atoms with Crippen molar-refractivity contribution in [1.29, 1.82) is 0 Å². The maximum atomic E-state index is 13.5. The van der Waals surface area contributed by atoms with Gasteiger partial charge < -0.3 is 29.7 Å². The van der Waals surface area contributed by atoms with E-state index in [4.69, 9.17) is 14.2 Å². The van der Waals surface area contributed by atoms with E-state index in [9.17, 15) is 19.2 Å². The van der Waals surface area contributed by atoms with Crippen molar-refractivity contribution in [3.63, 3.8) is 0 Å². The molecule has 2 heterocycles. The molecule has 1 aliphatic heterocycles. The fourth-order valence-corrected chi connectivity index (χ4v) is 4.33. The van der Waals surface area contributed by atoms with E-state index in [-0.39, 0.29) is 18.5 Å². The molecule has 1 aliphatic rings. The Kier molecular flexibility index (Phi) is 12.4. The van der Waals surface area contributed by atoms with Crippen molar-refractivity contribution in [1.82, 2.24) is 20.5 Å². The van der Waals surface area contributed by atoms with E-state index >= 15 is 0 Å². The minimum Gasteiger partial charge on any atom is -0.460 e. The second-order valence-electron chi connectivity index (χ2n) is 11.0. The lowest BCUT2D eigenvalue weighted by molar-refractivity contribution is -0.155. The highest BCUT2D eigenvalue weighted by Crippen LogP contribution is 2.20. The topological polar surface area (TPSA) is 136 Å². The van der Waals surface area contributed by atoms with E-state index in [1.165, 1.54) is 4.90 Å². The number of esters is 2. The number of piperazine rings is 1. The predicted octanol–water partition coefficient (Wildman–Crippen LogP) is 3.51. The molecule has 0 aliphatic carbocycles. The molecule has 11 nitrogen and oxygen atoms in total. The number of hydrogen-bond donors (Lipinski definition) is 2. The van der Waals surface area contributed by atoms with Crippen molar-refractivity contribution in [2.75, 3.05) is 39.4 Å². The predicted molar refractivity (Wildman–Crippen MR) is 157 cm³/mol. The maximum Gasteiger partial charge on any atom is 0.417 e. The monoisotopic (exact) mass is 582 g/mol. The summed E-state index contributed by atoms with van der Waals surface area (Å²) in [5, 5.41) is 5.77. The maximum absolute atomic E-state index is 13.5. The largest absolute Gasteiger partial charge is 0.460 e. The highest BCUT2D eigenvalue weighted by atomic mass is 16.6. The van der Waals surface area contributed by atoms with Gasteiger partial charge in [-0.3, -0.25) is 9.59 Å². The summed E-state index contributed by atoms with van der Waals surface area (Å²) >= 11 is 0. The first-order chi connectivity index (χ1) is 20.1. The molecular formula is C31H42N4O7. The summed E-state index contributed by atoms with van der Waals surface area (Å²) in [6, 6.07) is 11.8. The molecule has 2 aromatic rings. The van der Waals surface area contributed by atoms with Crippen LogP contribution in [0.5, 0.6) is 0 Å². The molecule has 1 saturated heterocycles. The van der Waals surface area contributed by atoms with Gasteiger partial charge >= 0.3 is 18.0 Å². The number of carbonyl (C=O) groups excluding carboxylic acids is 4. The minimum atomic E-state index is -1.28. The summed E-state index contributed by atoms with van der Waals surface area (Å²) in [6.07, 6.45) is 0.337. The van der Waals surface area contributed by atoms with E-state index in [1.54, 1.807) is 26.8 Å². The Labute approximate surface area is 247 Å². The lowest BCUT2D eigenvalue weighted by Gasteiger charge is -2.27. The normalized spacial score (nSPS) is 14.1. The third kappa shape index (κ3) is 10.9. The number of nitrogens with zero attached hydrogens (tertiary/aromatic N) is 2. The van der Waals surface area contributed by atoms with Crippen LogP contribution in [0.4, 0.5) is 4.79 Å². The van der Waals surface area contributed by atoms with Crippen LogP contribution in [0.15, 0.2) is 42.5 Å². The molecular weight excluding hydrogens is 540 g/mol. The van der Waals surface area contributed by atoms with Gasteiger partial charge in [-0.25, -0.2) is 14.6 Å². The highest BCUT2D eigenvalue weighted by Gasteiger charge is 2.30. The Morgan fingerprint density at radius 2 is 1.79 bits per heavy atom. The number of benzene rings is 1. The summed E-state index contributed by atoms with van der Waals surface area (Å²) in [5.74, 6) is -2.12. The second-order valence-corrected chi connectivity index (χ2v) is 11.0. The zero-order valence-electron chi connectivity index (χ0n) is 24.9. The molecule has 1 aromatic carbocycles. The third-order valence-electron chi connectivity index (χ3n) is 6.36. The summed E-state index contributed by atoms with van der Waals surface area (Å²) in [5.41, 5.74) is 1.72. The molecule has 1 unspecified atom stereocenters. The Bertz CT molecular complexity index is 1210. The van der Waals surface area contributed by atoms with Crippen molar-refractivity contribution in [3.05, 3.63) is 53.7 Å². The van der Waals surface area contributed by atoms with Crippen molar-refractivity contribution in [2.24, 2.45) is 0 Å². The number of amides is 2. The van der Waals surface area contributed by atoms with Gasteiger partial charge in [0.05, 0.1) is 5.69 Å². The van der Waals surface area contributed by atoms with Gasteiger partial charge in [0, 0.05) is 51.4 Å². The van der Waals surface area contributed by atoms with Crippen molar-refractivity contribution in [3.8, 4) is 11.3 Å². The zero-order chi connectivity index (χ0) is 30.5. The first-order valence-electron chi connectivity index (χ1n) is 14.4. The fraction of sp³-hybridized carbons (Fsp3) is 0.516. The molecule has 0 spiro atoms. The number of hydrogen-bond acceptors (Lipinski definition) is 9. The average molecular weight is 583 g/mol. The SMILES string of the molecule is CCOCCCc1cc(C(=O)NC(CCC(=O)OC(C)(C)C)C(=O)OC(=O)N2CCNCC2)nc(-c2ccccc2)c1. The Morgan fingerprint density at radius 1 is 1.07 bits per heavy atom. The molecule has 42 heavy (non-hydrogen) atoms. The van der Waals surface area contributed by atoms with Crippen LogP contribution in [0.25, 0.3) is 11.3 Å². The van der Waals surface area contributed by atoms with Gasteiger partial charge in [0.1, 0.15) is 17.3 Å². The summed E-state index contributed by atoms with van der Waals surface area (Å²) in [7, 11) is 0. The van der Waals surface area contributed by atoms with Gasteiger partial charge in [0.15, 0.2) is 0 Å². The number of aromatic nitrogens is 1. The van der Waals surface area contributed by atoms with Gasteiger partial charge in [0.25, 0.3) is 5.91 Å². The van der Waals surface area contributed by atoms with Gasteiger partial charge in [-0.1, -0.05) is 30.3 Å². The summed E-state index contributed by atoms with van der Waals surface area (Å²) in [6.45, 7) is 10.3. The van der Waals surface area contributed by atoms with Gasteiger partial charge in [-0.05, 0) is 64.7 Å². The standard InChI is InChI=1S/C31H42N4O7/c1-5-40-19-9-10-22-20-25(23-11-7-6-8-12-23)33-26(21-22)28(37)34-24(13-14-27(36)42-31(2,3)4)29(38)41-30(39)35-17-15-32-16-18-35/h6-8,11-12,20-21,24,32H,5,9-10,13-19H2,1-4H3,(H,34,37). The first kappa shape index (κ1) is 32.7. The molecule has 2 N–H and O–H groups in total. The number of ether oxygens (including phenoxy) is 3. The molecule has 2 amide bonds. The molecule has 1 fully saturated rings. The van der Waals surface area contributed by atoms with Crippen LogP contribution < -0.4 is 10.6 Å². The van der Waals surface area contributed by atoms with E-state index in [2.05, 4.69) is 15.6 Å². The third-order valence-corrected chi connectivity index (χ3v) is 6.36. The summed E-state index contributed by atoms with van der Waals surface area (Å²) in [4.78, 5) is 57.7. The lowest BCUT2D eigenvalue weighted by atomic mass is 10.0. The number of rotatable bonds is 12. The first-order valence-corrected chi connectivity index (χ1v) is 14.4. The highest BCUT2D eigenvalue weighted by molar-refractivity contribution is 5.97. The average Bonchev–Trinajstić information content (AvgIpc) is 2.97. The van der Waals surface area contributed by atoms with E-state index in [1.807, 2.05) is 43.3 Å². The van der Waals surface area contributed by atoms with Gasteiger partial charge in [-0.2, -0.15) is 0 Å². The van der Waals surface area contributed by atoms with Gasteiger partial charge in [0.2, 0.25) is 0 Å². The molecule has 0 saturated carbocycles. The Hall–Kier alpha value is -3.83. The lowest BCUT2D eigenvalue weighted by Crippen LogP contribution is -2.49. The molecule has 3 rings (SSSR count). The number of carbonyl (C=O) groups is 4. The minimum absolute atomic E-state index is 0.103. The van der Waals surface area contributed by atoms with Crippen LogP contribution in [-0.4, -0.2) is 84.9 Å². The van der Waals surface area contributed by atoms with Crippen LogP contribution in [0.1, 0.15) is 63.0 Å². The van der Waals surface area contributed by atoms with Gasteiger partial charge in [-0.15, -0.1) is 0 Å². The Morgan fingerprint density at radius 3 is 2.45 bits per heavy atom. The number of pyridine rings is 1. The van der Waals surface area contributed by atoms with Crippen LogP contribution >= 0.6 is 0 Å². The van der Waals surface area contributed by atoms with E-state index in [0.29, 0.717) is 51.5 Å². The number of nitrogens with one attached hydrogen (secondary N) is 2. The Balaban J connectivity index is 1.81. The molecule has 0 radical (unpaired) electrons. The van der Waals surface area contributed by atoms with Crippen molar-refractivity contribution >= 4 is 23.9 Å². The molecule has 228 valence electrons. The van der Waals surface area contributed by atoms with Crippen LogP contribution in [-0.2, 0) is 30.2 Å². The van der Waals surface area contributed by atoms with Crippen LogP contribution in [0.3, 0.4) is 0 Å².